The van der Waals surface area contributed by atoms with Crippen LogP contribution in [0.5, 0.6) is 0 Å². The second-order valence-electron chi connectivity index (χ2n) is 5.33. The second kappa shape index (κ2) is 5.41. The van der Waals surface area contributed by atoms with Crippen molar-refractivity contribution in [1.29, 1.82) is 0 Å². The van der Waals surface area contributed by atoms with Crippen molar-refractivity contribution in [3.63, 3.8) is 0 Å². The van der Waals surface area contributed by atoms with Crippen molar-refractivity contribution < 1.29 is 0 Å². The van der Waals surface area contributed by atoms with E-state index in [1.807, 2.05) is 26.1 Å². The topological polar surface area (TPSA) is 61.4 Å². The van der Waals surface area contributed by atoms with Crippen molar-refractivity contribution >= 4 is 33.5 Å². The molecule has 0 N–H and O–H groups in total. The Morgan fingerprint density at radius 2 is 2.00 bits per heavy atom. The third-order valence-electron chi connectivity index (χ3n) is 3.68. The third kappa shape index (κ3) is 2.50. The number of hydrogen-bond acceptors (Lipinski definition) is 4. The number of hydrogen-bond donors (Lipinski definition) is 0. The van der Waals surface area contributed by atoms with Gasteiger partial charge in [-0.3, -0.25) is 0 Å². The average molecular weight is 416 g/mol. The van der Waals surface area contributed by atoms with Crippen LogP contribution in [0.15, 0.2) is 43.0 Å². The first-order valence-electron chi connectivity index (χ1n) is 7.08. The van der Waals surface area contributed by atoms with Gasteiger partial charge in [0.25, 0.3) is 5.95 Å². The van der Waals surface area contributed by atoms with Gasteiger partial charge in [0.1, 0.15) is 6.33 Å². The molecule has 23 heavy (non-hydrogen) atoms. The lowest BCUT2D eigenvalue weighted by Gasteiger charge is -2.00. The van der Waals surface area contributed by atoms with Crippen molar-refractivity contribution in [3.8, 4) is 17.3 Å². The van der Waals surface area contributed by atoms with E-state index in [0.717, 1.165) is 11.3 Å². The Morgan fingerprint density at radius 3 is 2.83 bits per heavy atom. The van der Waals surface area contributed by atoms with Gasteiger partial charge in [-0.2, -0.15) is 4.68 Å². The molecule has 3 aromatic heterocycles. The molecule has 0 atom stereocenters. The maximum absolute atomic E-state index is 4.51. The van der Waals surface area contributed by atoms with Gasteiger partial charge in [-0.05, 0) is 53.8 Å². The Kier molecular flexibility index (Phi) is 3.37. The standard InChI is InChI=1S/C16H13IN6/c1-10-5-6-18-16(20-10)23-9-19-15(21-23)11-3-4-14-12(7-11)13(17)8-22(14)2/h3-9H,1-2H3. The van der Waals surface area contributed by atoms with E-state index in [0.29, 0.717) is 11.8 Å². The first kappa shape index (κ1) is 14.3. The molecule has 0 bridgehead atoms. The maximum atomic E-state index is 4.51. The molecule has 4 rings (SSSR count). The van der Waals surface area contributed by atoms with Crippen LogP contribution in [0.3, 0.4) is 0 Å². The Labute approximate surface area is 146 Å². The lowest BCUT2D eigenvalue weighted by molar-refractivity contribution is 0.802. The average Bonchev–Trinajstić information content (AvgIpc) is 3.13. The van der Waals surface area contributed by atoms with Crippen LogP contribution in [-0.2, 0) is 7.05 Å². The van der Waals surface area contributed by atoms with E-state index >= 15 is 0 Å². The minimum absolute atomic E-state index is 0.527. The Balaban J connectivity index is 1.78. The first-order chi connectivity index (χ1) is 11.1. The van der Waals surface area contributed by atoms with Gasteiger partial charge in [-0.1, -0.05) is 0 Å². The zero-order valence-corrected chi connectivity index (χ0v) is 14.8. The molecular formula is C16H13IN6. The number of aryl methyl sites for hydroxylation is 2. The van der Waals surface area contributed by atoms with Gasteiger partial charge in [0.15, 0.2) is 5.82 Å². The highest BCUT2D eigenvalue weighted by molar-refractivity contribution is 14.1. The molecule has 7 heteroatoms. The van der Waals surface area contributed by atoms with Crippen LogP contribution >= 0.6 is 22.6 Å². The Bertz CT molecular complexity index is 1020. The minimum atomic E-state index is 0.527. The molecule has 0 unspecified atom stereocenters. The fraction of sp³-hybridized carbons (Fsp3) is 0.125. The fourth-order valence-corrected chi connectivity index (χ4v) is 3.37. The van der Waals surface area contributed by atoms with Gasteiger partial charge < -0.3 is 4.57 Å². The molecule has 114 valence electrons. The highest BCUT2D eigenvalue weighted by atomic mass is 127. The van der Waals surface area contributed by atoms with Crippen LogP contribution in [0, 0.1) is 10.5 Å². The summed E-state index contributed by atoms with van der Waals surface area (Å²) < 4.78 is 4.93. The summed E-state index contributed by atoms with van der Waals surface area (Å²) in [6.07, 6.45) is 5.48. The number of rotatable bonds is 2. The summed E-state index contributed by atoms with van der Waals surface area (Å²) in [5, 5.41) is 5.71. The summed E-state index contributed by atoms with van der Waals surface area (Å²) in [6.45, 7) is 1.92. The molecule has 1 aromatic carbocycles. The molecule has 0 saturated carbocycles. The highest BCUT2D eigenvalue weighted by Gasteiger charge is 2.10. The minimum Gasteiger partial charge on any atom is -0.349 e. The smallest absolute Gasteiger partial charge is 0.252 e. The lowest BCUT2D eigenvalue weighted by atomic mass is 10.1. The van der Waals surface area contributed by atoms with Crippen molar-refractivity contribution in [1.82, 2.24) is 29.3 Å². The first-order valence-corrected chi connectivity index (χ1v) is 8.16. The summed E-state index contributed by atoms with van der Waals surface area (Å²) in [5.41, 5.74) is 3.07. The number of halogens is 1. The van der Waals surface area contributed by atoms with E-state index in [1.165, 1.54) is 14.5 Å². The normalized spacial score (nSPS) is 11.3. The molecule has 0 saturated heterocycles. The van der Waals surface area contributed by atoms with Crippen LogP contribution in [0.1, 0.15) is 5.69 Å². The van der Waals surface area contributed by atoms with Gasteiger partial charge >= 0.3 is 0 Å². The molecule has 0 amide bonds. The van der Waals surface area contributed by atoms with Crippen molar-refractivity contribution in [3.05, 3.63) is 52.3 Å². The Morgan fingerprint density at radius 1 is 1.13 bits per heavy atom. The van der Waals surface area contributed by atoms with Crippen LogP contribution in [0.2, 0.25) is 0 Å². The van der Waals surface area contributed by atoms with E-state index in [9.17, 15) is 0 Å². The Hall–Kier alpha value is -2.29. The van der Waals surface area contributed by atoms with Crippen LogP contribution in [0.4, 0.5) is 0 Å². The van der Waals surface area contributed by atoms with Crippen LogP contribution in [-0.4, -0.2) is 29.3 Å². The predicted molar refractivity (Wildman–Crippen MR) is 96.3 cm³/mol. The molecular weight excluding hydrogens is 403 g/mol. The summed E-state index contributed by atoms with van der Waals surface area (Å²) in [7, 11) is 2.05. The molecule has 0 radical (unpaired) electrons. The van der Waals surface area contributed by atoms with E-state index in [4.69, 9.17) is 0 Å². The number of aromatic nitrogens is 6. The van der Waals surface area contributed by atoms with E-state index in [2.05, 4.69) is 65.5 Å². The molecule has 0 aliphatic rings. The van der Waals surface area contributed by atoms with Gasteiger partial charge in [0, 0.05) is 45.2 Å². The monoisotopic (exact) mass is 416 g/mol. The second-order valence-corrected chi connectivity index (χ2v) is 6.49. The zero-order valence-electron chi connectivity index (χ0n) is 12.6. The molecule has 6 nitrogen and oxygen atoms in total. The van der Waals surface area contributed by atoms with E-state index < -0.39 is 0 Å². The zero-order chi connectivity index (χ0) is 16.0. The van der Waals surface area contributed by atoms with Crippen molar-refractivity contribution in [2.45, 2.75) is 6.92 Å². The molecule has 0 aliphatic heterocycles. The predicted octanol–water partition coefficient (Wildman–Crippen LogP) is 3.13. The summed E-state index contributed by atoms with van der Waals surface area (Å²) in [5.74, 6) is 1.19. The fourth-order valence-electron chi connectivity index (χ4n) is 2.52. The quantitative estimate of drug-likeness (QED) is 0.472. The summed E-state index contributed by atoms with van der Waals surface area (Å²) in [4.78, 5) is 13.0. The van der Waals surface area contributed by atoms with Crippen molar-refractivity contribution in [2.75, 3.05) is 0 Å². The highest BCUT2D eigenvalue weighted by Crippen LogP contribution is 2.26. The maximum Gasteiger partial charge on any atom is 0.252 e. The third-order valence-corrected chi connectivity index (χ3v) is 4.54. The molecule has 0 spiro atoms. The number of fused-ring (bicyclic) bond motifs is 1. The van der Waals surface area contributed by atoms with Gasteiger partial charge in [0.05, 0.1) is 0 Å². The molecule has 3 heterocycles. The van der Waals surface area contributed by atoms with E-state index in [1.54, 1.807) is 17.2 Å². The SMILES string of the molecule is Cc1ccnc(-n2cnc(-c3ccc4c(c3)c(I)cn4C)n2)n1. The van der Waals surface area contributed by atoms with Crippen LogP contribution in [0.25, 0.3) is 28.2 Å². The summed E-state index contributed by atoms with van der Waals surface area (Å²) in [6, 6.07) is 8.10. The van der Waals surface area contributed by atoms with Gasteiger partial charge in [-0.15, -0.1) is 5.10 Å². The van der Waals surface area contributed by atoms with Crippen molar-refractivity contribution in [2.24, 2.45) is 7.05 Å². The van der Waals surface area contributed by atoms with E-state index in [-0.39, 0.29) is 0 Å². The summed E-state index contributed by atoms with van der Waals surface area (Å²) >= 11 is 2.35. The van der Waals surface area contributed by atoms with Gasteiger partial charge in [-0.25, -0.2) is 15.0 Å². The lowest BCUT2D eigenvalue weighted by Crippen LogP contribution is -2.02. The largest absolute Gasteiger partial charge is 0.349 e. The van der Waals surface area contributed by atoms with Gasteiger partial charge in [0.2, 0.25) is 0 Å². The number of nitrogens with zero attached hydrogens (tertiary/aromatic N) is 6. The molecule has 0 aliphatic carbocycles. The number of benzene rings is 1. The molecule has 4 aromatic rings. The molecule has 0 fully saturated rings. The van der Waals surface area contributed by atoms with Crippen LogP contribution < -0.4 is 0 Å².